The van der Waals surface area contributed by atoms with Crippen LogP contribution in [0.15, 0.2) is 23.4 Å². The zero-order valence-electron chi connectivity index (χ0n) is 13.0. The molecule has 5 heteroatoms. The molecule has 1 aromatic carbocycles. The highest BCUT2D eigenvalue weighted by Crippen LogP contribution is 2.64. The van der Waals surface area contributed by atoms with E-state index in [0.29, 0.717) is 10.9 Å². The van der Waals surface area contributed by atoms with E-state index in [1.807, 2.05) is 0 Å². The fourth-order valence-electron chi connectivity index (χ4n) is 3.87. The molecule has 0 heterocycles. The number of benzene rings is 1. The molecule has 0 radical (unpaired) electrons. The van der Waals surface area contributed by atoms with E-state index < -0.39 is 5.97 Å². The van der Waals surface area contributed by atoms with Crippen LogP contribution in [0.5, 0.6) is 0 Å². The van der Waals surface area contributed by atoms with Crippen LogP contribution in [0.4, 0.5) is 0 Å². The quantitative estimate of drug-likeness (QED) is 0.537. The highest BCUT2D eigenvalue weighted by molar-refractivity contribution is 6.36. The fourth-order valence-corrected chi connectivity index (χ4v) is 4.35. The molecule has 2 saturated carbocycles. The van der Waals surface area contributed by atoms with Crippen LogP contribution in [-0.2, 0) is 4.84 Å². The standard InChI is InChI=1S/C17H19Cl2NO2/c1-16(2)10-6-7-17(16,3)14(8-10)20-22-15(21)12-5-4-11(18)9-13(12)19/h4-5,9-10H,6-8H2,1-3H3/b20-14-/t10-,17-/m0/s1. The summed E-state index contributed by atoms with van der Waals surface area (Å²) >= 11 is 11.9. The monoisotopic (exact) mass is 339 g/mol. The van der Waals surface area contributed by atoms with Crippen molar-refractivity contribution in [2.45, 2.75) is 40.0 Å². The van der Waals surface area contributed by atoms with Gasteiger partial charge in [-0.1, -0.05) is 49.1 Å². The lowest BCUT2D eigenvalue weighted by Gasteiger charge is -2.34. The summed E-state index contributed by atoms with van der Waals surface area (Å²) in [6, 6.07) is 4.69. The number of nitrogens with zero attached hydrogens (tertiary/aromatic N) is 1. The predicted molar refractivity (Wildman–Crippen MR) is 88.5 cm³/mol. The van der Waals surface area contributed by atoms with Crippen molar-refractivity contribution >= 4 is 34.9 Å². The maximum absolute atomic E-state index is 12.1. The number of carbonyl (C=O) groups is 1. The molecule has 3 rings (SSSR count). The summed E-state index contributed by atoms with van der Waals surface area (Å²) in [5, 5.41) is 4.95. The molecule has 22 heavy (non-hydrogen) atoms. The van der Waals surface area contributed by atoms with E-state index in [1.54, 1.807) is 12.1 Å². The van der Waals surface area contributed by atoms with Crippen molar-refractivity contribution in [1.29, 1.82) is 0 Å². The summed E-state index contributed by atoms with van der Waals surface area (Å²) in [6.07, 6.45) is 3.23. The van der Waals surface area contributed by atoms with E-state index in [-0.39, 0.29) is 21.4 Å². The molecule has 0 saturated heterocycles. The lowest BCUT2D eigenvalue weighted by molar-refractivity contribution is 0.0508. The number of fused-ring (bicyclic) bond motifs is 2. The molecular weight excluding hydrogens is 321 g/mol. The molecule has 0 aromatic heterocycles. The predicted octanol–water partition coefficient (Wildman–Crippen LogP) is 5.35. The Hall–Kier alpha value is -1.06. The third-order valence-electron chi connectivity index (χ3n) is 5.90. The van der Waals surface area contributed by atoms with Crippen molar-refractivity contribution in [3.8, 4) is 0 Å². The molecule has 1 aromatic rings. The van der Waals surface area contributed by atoms with Crippen molar-refractivity contribution in [3.05, 3.63) is 33.8 Å². The molecule has 2 atom stereocenters. The Morgan fingerprint density at radius 2 is 2.05 bits per heavy atom. The summed E-state index contributed by atoms with van der Waals surface area (Å²) in [4.78, 5) is 17.3. The van der Waals surface area contributed by atoms with Gasteiger partial charge in [-0.2, -0.15) is 0 Å². The Morgan fingerprint density at radius 1 is 1.32 bits per heavy atom. The maximum Gasteiger partial charge on any atom is 0.367 e. The molecule has 2 fully saturated rings. The van der Waals surface area contributed by atoms with Crippen LogP contribution in [0.1, 0.15) is 50.4 Å². The Labute approximate surface area is 140 Å². The summed E-state index contributed by atoms with van der Waals surface area (Å²) in [6.45, 7) is 6.79. The van der Waals surface area contributed by atoms with Crippen LogP contribution >= 0.6 is 23.2 Å². The third-order valence-corrected chi connectivity index (χ3v) is 6.45. The van der Waals surface area contributed by atoms with Crippen molar-refractivity contribution in [2.24, 2.45) is 21.9 Å². The Morgan fingerprint density at radius 3 is 2.59 bits per heavy atom. The molecule has 3 nitrogen and oxygen atoms in total. The summed E-state index contributed by atoms with van der Waals surface area (Å²) in [5.74, 6) is 0.0763. The van der Waals surface area contributed by atoms with Crippen LogP contribution in [0, 0.1) is 16.7 Å². The zero-order valence-corrected chi connectivity index (χ0v) is 14.5. The van der Waals surface area contributed by atoms with Gasteiger partial charge in [0, 0.05) is 10.4 Å². The summed E-state index contributed by atoms with van der Waals surface area (Å²) in [5.41, 5.74) is 1.49. The minimum Gasteiger partial charge on any atom is -0.313 e. The van der Waals surface area contributed by atoms with E-state index in [9.17, 15) is 4.79 Å². The van der Waals surface area contributed by atoms with Crippen LogP contribution < -0.4 is 0 Å². The fraction of sp³-hybridized carbons (Fsp3) is 0.529. The van der Waals surface area contributed by atoms with Crippen LogP contribution in [0.2, 0.25) is 10.0 Å². The van der Waals surface area contributed by atoms with E-state index in [0.717, 1.165) is 18.6 Å². The summed E-state index contributed by atoms with van der Waals surface area (Å²) in [7, 11) is 0. The molecule has 2 bridgehead atoms. The van der Waals surface area contributed by atoms with Gasteiger partial charge in [0.25, 0.3) is 0 Å². The second-order valence-electron chi connectivity index (χ2n) is 7.03. The van der Waals surface area contributed by atoms with Crippen molar-refractivity contribution in [1.82, 2.24) is 0 Å². The largest absolute Gasteiger partial charge is 0.367 e. The molecule has 0 unspecified atom stereocenters. The lowest BCUT2D eigenvalue weighted by atomic mass is 9.70. The Kier molecular flexibility index (Phi) is 3.77. The number of oxime groups is 1. The van der Waals surface area contributed by atoms with Crippen molar-refractivity contribution in [3.63, 3.8) is 0 Å². The first-order valence-corrected chi connectivity index (χ1v) is 8.25. The van der Waals surface area contributed by atoms with Crippen LogP contribution in [-0.4, -0.2) is 11.7 Å². The molecular formula is C17H19Cl2NO2. The van der Waals surface area contributed by atoms with Gasteiger partial charge in [0.1, 0.15) is 0 Å². The molecule has 2 aliphatic carbocycles. The van der Waals surface area contributed by atoms with Gasteiger partial charge in [0.2, 0.25) is 0 Å². The number of hydrogen-bond donors (Lipinski definition) is 0. The molecule has 118 valence electrons. The van der Waals surface area contributed by atoms with E-state index in [4.69, 9.17) is 28.0 Å². The number of halogens is 2. The van der Waals surface area contributed by atoms with Gasteiger partial charge in [-0.3, -0.25) is 0 Å². The average Bonchev–Trinajstić information content (AvgIpc) is 2.77. The smallest absolute Gasteiger partial charge is 0.313 e. The highest BCUT2D eigenvalue weighted by Gasteiger charge is 2.60. The second kappa shape index (κ2) is 5.24. The minimum absolute atomic E-state index is 0.0156. The molecule has 0 N–H and O–H groups in total. The Bertz CT molecular complexity index is 669. The Balaban J connectivity index is 1.79. The normalized spacial score (nSPS) is 30.8. The van der Waals surface area contributed by atoms with Gasteiger partial charge in [-0.25, -0.2) is 4.79 Å². The van der Waals surface area contributed by atoms with Crippen LogP contribution in [0.3, 0.4) is 0 Å². The van der Waals surface area contributed by atoms with E-state index in [1.165, 1.54) is 12.5 Å². The molecule has 0 aliphatic heterocycles. The van der Waals surface area contributed by atoms with Gasteiger partial charge in [-0.05, 0) is 48.8 Å². The minimum atomic E-state index is -0.543. The van der Waals surface area contributed by atoms with Gasteiger partial charge in [0.15, 0.2) is 0 Å². The number of carbonyl (C=O) groups excluding carboxylic acids is 1. The van der Waals surface area contributed by atoms with Crippen molar-refractivity contribution in [2.75, 3.05) is 0 Å². The molecule has 2 aliphatic rings. The second-order valence-corrected chi connectivity index (χ2v) is 7.88. The van der Waals surface area contributed by atoms with Gasteiger partial charge < -0.3 is 4.84 Å². The number of hydrogen-bond acceptors (Lipinski definition) is 3. The van der Waals surface area contributed by atoms with Gasteiger partial charge in [-0.15, -0.1) is 0 Å². The van der Waals surface area contributed by atoms with Crippen molar-refractivity contribution < 1.29 is 9.63 Å². The van der Waals surface area contributed by atoms with Crippen LogP contribution in [0.25, 0.3) is 0 Å². The SMILES string of the molecule is CC1(C)[C@H]2CC[C@@]1(C)/C(=N\OC(=O)c1ccc(Cl)cc1Cl)C2. The first-order valence-electron chi connectivity index (χ1n) is 7.49. The van der Waals surface area contributed by atoms with Gasteiger partial charge in [0.05, 0.1) is 16.3 Å². The molecule has 0 amide bonds. The maximum atomic E-state index is 12.1. The van der Waals surface area contributed by atoms with E-state index in [2.05, 4.69) is 25.9 Å². The third kappa shape index (κ3) is 2.26. The molecule has 0 spiro atoms. The summed E-state index contributed by atoms with van der Waals surface area (Å²) < 4.78 is 0. The first kappa shape index (κ1) is 15.8. The van der Waals surface area contributed by atoms with Gasteiger partial charge >= 0.3 is 5.97 Å². The highest BCUT2D eigenvalue weighted by atomic mass is 35.5. The lowest BCUT2D eigenvalue weighted by Crippen LogP contribution is -2.32. The first-order chi connectivity index (χ1) is 10.3. The topological polar surface area (TPSA) is 38.7 Å². The van der Waals surface area contributed by atoms with E-state index >= 15 is 0 Å². The average molecular weight is 340 g/mol. The number of rotatable bonds is 2. The zero-order chi connectivity index (χ0) is 16.1.